The van der Waals surface area contributed by atoms with Crippen molar-refractivity contribution in [3.8, 4) is 0 Å². The Balaban J connectivity index is 1.57. The van der Waals surface area contributed by atoms with Gasteiger partial charge >= 0.3 is 0 Å². The topological polar surface area (TPSA) is 57.6 Å². The van der Waals surface area contributed by atoms with Crippen molar-refractivity contribution in [2.45, 2.75) is 70.9 Å². The molecule has 1 saturated heterocycles. The second-order valence-electron chi connectivity index (χ2n) is 11.7. The zero-order valence-corrected chi connectivity index (χ0v) is 21.5. The van der Waals surface area contributed by atoms with Crippen molar-refractivity contribution in [2.75, 3.05) is 13.1 Å². The van der Waals surface area contributed by atoms with E-state index in [0.717, 1.165) is 13.1 Å². The molecule has 2 heterocycles. The molecule has 0 amide bonds. The first-order valence-electron chi connectivity index (χ1n) is 12.6. The fourth-order valence-electron chi connectivity index (χ4n) is 8.56. The molecule has 3 fully saturated rings. The standard InChI is InChI=1S/C28H35F2NO3S/c1-18(32)27-17-31(16-22-7-5-11-35-22)15-19(27)13-25(2)23-12-20(29)8-9-21(33)6-4-10-28(23,30)24(34)14-26(25,27)3/h4-9,11,19-20,23-24,34H,10,12-17H2,1-3H3. The number of thiophene rings is 1. The van der Waals surface area contributed by atoms with Gasteiger partial charge in [-0.05, 0) is 72.6 Å². The Morgan fingerprint density at radius 2 is 2.06 bits per heavy atom. The minimum absolute atomic E-state index is 0.0191. The van der Waals surface area contributed by atoms with Gasteiger partial charge in [0, 0.05) is 36.9 Å². The van der Waals surface area contributed by atoms with Gasteiger partial charge in [0.05, 0.1) is 11.5 Å². The number of aliphatic hydroxyl groups excluding tert-OH is 1. The highest BCUT2D eigenvalue weighted by molar-refractivity contribution is 7.09. The number of allylic oxidation sites excluding steroid dienone is 4. The van der Waals surface area contributed by atoms with Gasteiger partial charge in [-0.2, -0.15) is 0 Å². The average Bonchev–Trinajstić information content (AvgIpc) is 3.46. The van der Waals surface area contributed by atoms with E-state index in [2.05, 4.69) is 11.0 Å². The molecule has 8 unspecified atom stereocenters. The number of alkyl halides is 2. The van der Waals surface area contributed by atoms with Crippen LogP contribution in [0.4, 0.5) is 8.78 Å². The van der Waals surface area contributed by atoms with Crippen LogP contribution in [0, 0.1) is 28.1 Å². The summed E-state index contributed by atoms with van der Waals surface area (Å²) in [6.07, 6.45) is 2.82. The number of nitrogens with zero attached hydrogens (tertiary/aromatic N) is 1. The van der Waals surface area contributed by atoms with Crippen molar-refractivity contribution in [1.82, 2.24) is 4.90 Å². The van der Waals surface area contributed by atoms with Gasteiger partial charge in [0.25, 0.3) is 0 Å². The molecule has 1 aliphatic heterocycles. The van der Waals surface area contributed by atoms with E-state index in [9.17, 15) is 14.7 Å². The number of aliphatic hydroxyl groups is 1. The zero-order chi connectivity index (χ0) is 25.2. The van der Waals surface area contributed by atoms with Crippen LogP contribution in [0.2, 0.25) is 0 Å². The van der Waals surface area contributed by atoms with Gasteiger partial charge in [-0.15, -0.1) is 11.3 Å². The van der Waals surface area contributed by atoms with E-state index in [4.69, 9.17) is 0 Å². The third-order valence-corrected chi connectivity index (χ3v) is 11.2. The van der Waals surface area contributed by atoms with E-state index in [1.807, 2.05) is 25.3 Å². The predicted octanol–water partition coefficient (Wildman–Crippen LogP) is 5.07. The van der Waals surface area contributed by atoms with E-state index in [1.54, 1.807) is 18.3 Å². The van der Waals surface area contributed by atoms with Crippen LogP contribution in [-0.4, -0.2) is 52.6 Å². The summed E-state index contributed by atoms with van der Waals surface area (Å²) in [4.78, 5) is 29.0. The zero-order valence-electron chi connectivity index (χ0n) is 20.7. The Hall–Kier alpha value is -1.70. The second kappa shape index (κ2) is 8.42. The molecule has 7 heteroatoms. The molecule has 0 spiro atoms. The van der Waals surface area contributed by atoms with Crippen molar-refractivity contribution in [3.05, 3.63) is 46.7 Å². The molecule has 2 saturated carbocycles. The van der Waals surface area contributed by atoms with Gasteiger partial charge in [0.15, 0.2) is 5.78 Å². The van der Waals surface area contributed by atoms with Crippen LogP contribution >= 0.6 is 11.3 Å². The lowest BCUT2D eigenvalue weighted by molar-refractivity contribution is -0.207. The second-order valence-corrected chi connectivity index (χ2v) is 12.8. The summed E-state index contributed by atoms with van der Waals surface area (Å²) >= 11 is 1.69. The van der Waals surface area contributed by atoms with Crippen molar-refractivity contribution >= 4 is 22.9 Å². The third-order valence-electron chi connectivity index (χ3n) is 10.3. The SMILES string of the molecule is CC(=O)C12CN(Cc3cccs3)CC1CC1(C)C3CC(F)C=CC(=O)C=CCC3(F)C(O)CC12C. The maximum absolute atomic E-state index is 16.9. The van der Waals surface area contributed by atoms with Crippen LogP contribution in [0.1, 0.15) is 51.3 Å². The summed E-state index contributed by atoms with van der Waals surface area (Å²) in [6.45, 7) is 7.80. The number of carbonyl (C=O) groups excluding carboxylic acids is 2. The summed E-state index contributed by atoms with van der Waals surface area (Å²) in [6, 6.07) is 4.12. The van der Waals surface area contributed by atoms with Crippen molar-refractivity contribution in [2.24, 2.45) is 28.1 Å². The van der Waals surface area contributed by atoms with Crippen molar-refractivity contribution < 1.29 is 23.5 Å². The number of likely N-dealkylation sites (tertiary alicyclic amines) is 1. The molecular formula is C28H35F2NO3S. The molecule has 4 aliphatic rings. The summed E-state index contributed by atoms with van der Waals surface area (Å²) in [7, 11) is 0. The van der Waals surface area contributed by atoms with Crippen LogP contribution in [0.5, 0.6) is 0 Å². The molecule has 1 aromatic rings. The van der Waals surface area contributed by atoms with Gasteiger partial charge in [0.2, 0.25) is 0 Å². The summed E-state index contributed by atoms with van der Waals surface area (Å²) in [5.41, 5.74) is -4.15. The van der Waals surface area contributed by atoms with Gasteiger partial charge in [-0.3, -0.25) is 14.5 Å². The lowest BCUT2D eigenvalue weighted by Gasteiger charge is -2.62. The predicted molar refractivity (Wildman–Crippen MR) is 132 cm³/mol. The number of hydrogen-bond donors (Lipinski definition) is 1. The largest absolute Gasteiger partial charge is 0.390 e. The number of Topliss-reactive ketones (excluding diaryl/α,β-unsaturated/α-hetero) is 1. The highest BCUT2D eigenvalue weighted by atomic mass is 32.1. The molecule has 0 bridgehead atoms. The molecule has 8 atom stereocenters. The minimum atomic E-state index is -2.06. The van der Waals surface area contributed by atoms with E-state index >= 15 is 8.78 Å². The molecule has 4 nitrogen and oxygen atoms in total. The summed E-state index contributed by atoms with van der Waals surface area (Å²) in [5, 5.41) is 13.4. The maximum Gasteiger partial charge on any atom is 0.178 e. The molecule has 1 aromatic heterocycles. The summed E-state index contributed by atoms with van der Waals surface area (Å²) in [5.74, 6) is -1.06. The lowest BCUT2D eigenvalue weighted by Crippen LogP contribution is -2.66. The first-order chi connectivity index (χ1) is 16.5. The number of fused-ring (bicyclic) bond motifs is 5. The van der Waals surface area contributed by atoms with E-state index < -0.39 is 40.1 Å². The van der Waals surface area contributed by atoms with E-state index in [-0.39, 0.29) is 36.7 Å². The molecule has 5 rings (SSSR count). The molecule has 0 aromatic carbocycles. The van der Waals surface area contributed by atoms with Gasteiger partial charge < -0.3 is 5.11 Å². The number of carbonyl (C=O) groups is 2. The van der Waals surface area contributed by atoms with Crippen molar-refractivity contribution in [3.63, 3.8) is 0 Å². The van der Waals surface area contributed by atoms with E-state index in [0.29, 0.717) is 13.0 Å². The Labute approximate surface area is 210 Å². The summed E-state index contributed by atoms with van der Waals surface area (Å²) < 4.78 is 32.0. The van der Waals surface area contributed by atoms with Crippen LogP contribution in [0.3, 0.4) is 0 Å². The molecule has 3 aliphatic carbocycles. The molecule has 190 valence electrons. The fourth-order valence-corrected chi connectivity index (χ4v) is 9.31. The smallest absolute Gasteiger partial charge is 0.178 e. The maximum atomic E-state index is 16.9. The van der Waals surface area contributed by atoms with Crippen LogP contribution in [-0.2, 0) is 16.1 Å². The van der Waals surface area contributed by atoms with Crippen LogP contribution in [0.15, 0.2) is 41.8 Å². The van der Waals surface area contributed by atoms with Gasteiger partial charge in [-0.1, -0.05) is 26.0 Å². The third kappa shape index (κ3) is 3.48. The minimum Gasteiger partial charge on any atom is -0.390 e. The number of rotatable bonds is 3. The van der Waals surface area contributed by atoms with Gasteiger partial charge in [0.1, 0.15) is 17.6 Å². The van der Waals surface area contributed by atoms with E-state index in [1.165, 1.54) is 29.2 Å². The Bertz CT molecular complexity index is 1070. The fraction of sp³-hybridized carbons (Fsp3) is 0.643. The van der Waals surface area contributed by atoms with Crippen molar-refractivity contribution in [1.29, 1.82) is 0 Å². The Kier molecular flexibility index (Phi) is 6.01. The Morgan fingerprint density at radius 1 is 1.29 bits per heavy atom. The van der Waals surface area contributed by atoms with Gasteiger partial charge in [-0.25, -0.2) is 8.78 Å². The number of halogens is 2. The highest BCUT2D eigenvalue weighted by Crippen LogP contribution is 2.76. The molecule has 0 radical (unpaired) electrons. The number of ketones is 2. The molecule has 35 heavy (non-hydrogen) atoms. The quantitative estimate of drug-likeness (QED) is 0.626. The Morgan fingerprint density at radius 3 is 2.74 bits per heavy atom. The van der Waals surface area contributed by atoms with Crippen LogP contribution in [0.25, 0.3) is 0 Å². The number of hydrogen-bond acceptors (Lipinski definition) is 5. The highest BCUT2D eigenvalue weighted by Gasteiger charge is 2.78. The average molecular weight is 504 g/mol. The normalized spacial score (nSPS) is 45.7. The monoisotopic (exact) mass is 503 g/mol. The van der Waals surface area contributed by atoms with Crippen LogP contribution < -0.4 is 0 Å². The first-order valence-corrected chi connectivity index (χ1v) is 13.5. The molecular weight excluding hydrogens is 468 g/mol. The first kappa shape index (κ1) is 25.0. The lowest BCUT2D eigenvalue weighted by atomic mass is 9.43. The molecule has 1 N–H and O–H groups in total.